The summed E-state index contributed by atoms with van der Waals surface area (Å²) in [7, 11) is -1.01. The van der Waals surface area contributed by atoms with Crippen LogP contribution in [-0.2, 0) is 27.1 Å². The van der Waals surface area contributed by atoms with Crippen molar-refractivity contribution in [3.8, 4) is 11.4 Å². The maximum absolute atomic E-state index is 12.8. The topological polar surface area (TPSA) is 73.2 Å². The number of hydrogen-bond acceptors (Lipinski definition) is 4. The summed E-state index contributed by atoms with van der Waals surface area (Å²) in [5.41, 5.74) is 2.24. The molecule has 0 bridgehead atoms. The normalized spacial score (nSPS) is 16.4. The molecule has 0 fully saturated rings. The standard InChI is InChI=1S/C20H18ClN3O3S/c1-13(27-16-8-3-2-4-9-16)20(25)22-19-17-11-28(26)12-18(17)23-24(19)15-7-5-6-14(21)10-15/h2-10,13H,11-12H2,1H3,(H,22,25). The molecule has 2 atom stereocenters. The second-order valence-electron chi connectivity index (χ2n) is 6.46. The van der Waals surface area contributed by atoms with E-state index < -0.39 is 16.9 Å². The van der Waals surface area contributed by atoms with E-state index in [-0.39, 0.29) is 5.91 Å². The number of carbonyl (C=O) groups is 1. The Labute approximate surface area is 169 Å². The van der Waals surface area contributed by atoms with E-state index in [1.165, 1.54) is 0 Å². The van der Waals surface area contributed by atoms with E-state index in [4.69, 9.17) is 16.3 Å². The first-order valence-corrected chi connectivity index (χ1v) is 10.6. The molecule has 0 radical (unpaired) electrons. The monoisotopic (exact) mass is 415 g/mol. The van der Waals surface area contributed by atoms with Gasteiger partial charge in [-0.15, -0.1) is 0 Å². The molecule has 1 N–H and O–H groups in total. The SMILES string of the molecule is CC(Oc1ccccc1)C(=O)Nc1c2c(nn1-c1cccc(Cl)c1)CS(=O)C2. The number of para-hydroxylation sites is 1. The summed E-state index contributed by atoms with van der Waals surface area (Å²) in [6.07, 6.45) is -0.715. The molecule has 2 aromatic carbocycles. The highest BCUT2D eigenvalue weighted by atomic mass is 35.5. The Hall–Kier alpha value is -2.64. The van der Waals surface area contributed by atoms with Crippen molar-refractivity contribution in [2.75, 3.05) is 5.32 Å². The number of rotatable bonds is 5. The average molecular weight is 416 g/mol. The third kappa shape index (κ3) is 3.81. The van der Waals surface area contributed by atoms with Crippen LogP contribution in [0.4, 0.5) is 5.82 Å². The first kappa shape index (κ1) is 18.7. The molecule has 8 heteroatoms. The summed E-state index contributed by atoms with van der Waals surface area (Å²) in [6, 6.07) is 16.4. The first-order chi connectivity index (χ1) is 13.5. The van der Waals surface area contributed by atoms with Gasteiger partial charge in [0, 0.05) is 21.4 Å². The summed E-state index contributed by atoms with van der Waals surface area (Å²) in [6.45, 7) is 1.68. The minimum Gasteiger partial charge on any atom is -0.481 e. The van der Waals surface area contributed by atoms with Gasteiger partial charge in [-0.1, -0.05) is 35.9 Å². The molecule has 144 valence electrons. The molecule has 0 saturated carbocycles. The average Bonchev–Trinajstić information content (AvgIpc) is 3.19. The Morgan fingerprint density at radius 2 is 2.00 bits per heavy atom. The highest BCUT2D eigenvalue weighted by Gasteiger charge is 2.29. The number of fused-ring (bicyclic) bond motifs is 1. The van der Waals surface area contributed by atoms with Crippen molar-refractivity contribution in [2.45, 2.75) is 24.5 Å². The Balaban J connectivity index is 1.63. The number of benzene rings is 2. The van der Waals surface area contributed by atoms with Crippen LogP contribution in [0.5, 0.6) is 5.75 Å². The fourth-order valence-corrected chi connectivity index (χ4v) is 4.47. The van der Waals surface area contributed by atoms with Gasteiger partial charge in [-0.3, -0.25) is 9.00 Å². The Morgan fingerprint density at radius 1 is 1.21 bits per heavy atom. The van der Waals surface area contributed by atoms with Crippen LogP contribution in [0.1, 0.15) is 18.2 Å². The highest BCUT2D eigenvalue weighted by Crippen LogP contribution is 2.32. The molecule has 2 heterocycles. The van der Waals surface area contributed by atoms with Crippen molar-refractivity contribution in [3.63, 3.8) is 0 Å². The molecule has 0 aliphatic carbocycles. The second-order valence-corrected chi connectivity index (χ2v) is 8.35. The van der Waals surface area contributed by atoms with Crippen molar-refractivity contribution in [1.82, 2.24) is 9.78 Å². The molecule has 6 nitrogen and oxygen atoms in total. The molecule has 4 rings (SSSR count). The summed E-state index contributed by atoms with van der Waals surface area (Å²) >= 11 is 6.11. The van der Waals surface area contributed by atoms with Crippen LogP contribution in [0.3, 0.4) is 0 Å². The van der Waals surface area contributed by atoms with Gasteiger partial charge in [-0.05, 0) is 37.3 Å². The molecule has 2 unspecified atom stereocenters. The number of anilines is 1. The van der Waals surface area contributed by atoms with Crippen LogP contribution in [0.25, 0.3) is 5.69 Å². The lowest BCUT2D eigenvalue weighted by atomic mass is 10.2. The van der Waals surface area contributed by atoms with Crippen molar-refractivity contribution >= 4 is 34.1 Å². The number of hydrogen-bond donors (Lipinski definition) is 1. The maximum atomic E-state index is 12.8. The predicted octanol–water partition coefficient (Wildman–Crippen LogP) is 3.69. The van der Waals surface area contributed by atoms with E-state index in [1.807, 2.05) is 30.3 Å². The summed E-state index contributed by atoms with van der Waals surface area (Å²) in [5, 5.41) is 8.03. The van der Waals surface area contributed by atoms with Gasteiger partial charge in [0.05, 0.1) is 22.9 Å². The number of ether oxygens (including phenoxy) is 1. The Kier molecular flexibility index (Phi) is 5.19. The van der Waals surface area contributed by atoms with Gasteiger partial charge in [0.1, 0.15) is 11.6 Å². The number of aromatic nitrogens is 2. The maximum Gasteiger partial charge on any atom is 0.266 e. The summed E-state index contributed by atoms with van der Waals surface area (Å²) in [4.78, 5) is 12.8. The van der Waals surface area contributed by atoms with Crippen LogP contribution < -0.4 is 10.1 Å². The van der Waals surface area contributed by atoms with E-state index in [2.05, 4.69) is 10.4 Å². The molecular weight excluding hydrogens is 398 g/mol. The van der Waals surface area contributed by atoms with Crippen LogP contribution >= 0.6 is 11.6 Å². The summed E-state index contributed by atoms with van der Waals surface area (Å²) in [5.74, 6) is 1.55. The lowest BCUT2D eigenvalue weighted by Crippen LogP contribution is -2.31. The lowest BCUT2D eigenvalue weighted by molar-refractivity contribution is -0.122. The third-order valence-corrected chi connectivity index (χ3v) is 5.83. The highest BCUT2D eigenvalue weighted by molar-refractivity contribution is 7.83. The molecule has 1 aromatic heterocycles. The molecule has 3 aromatic rings. The molecule has 1 aliphatic heterocycles. The minimum atomic E-state index is -1.01. The fourth-order valence-electron chi connectivity index (χ4n) is 3.03. The molecule has 0 saturated heterocycles. The van der Waals surface area contributed by atoms with E-state index >= 15 is 0 Å². The molecular formula is C20H18ClN3O3S. The Morgan fingerprint density at radius 3 is 2.75 bits per heavy atom. The number of carbonyl (C=O) groups excluding carboxylic acids is 1. The van der Waals surface area contributed by atoms with Crippen molar-refractivity contribution in [2.24, 2.45) is 0 Å². The smallest absolute Gasteiger partial charge is 0.266 e. The van der Waals surface area contributed by atoms with Gasteiger partial charge in [0.25, 0.3) is 5.91 Å². The molecule has 1 aliphatic rings. The van der Waals surface area contributed by atoms with Crippen LogP contribution in [0.2, 0.25) is 5.02 Å². The zero-order chi connectivity index (χ0) is 19.7. The Bertz CT molecular complexity index is 1050. The van der Waals surface area contributed by atoms with E-state index in [0.29, 0.717) is 28.1 Å². The lowest BCUT2D eigenvalue weighted by Gasteiger charge is -2.16. The van der Waals surface area contributed by atoms with E-state index in [0.717, 1.165) is 16.9 Å². The van der Waals surface area contributed by atoms with E-state index in [1.54, 1.807) is 35.9 Å². The van der Waals surface area contributed by atoms with Crippen LogP contribution in [0, 0.1) is 0 Å². The van der Waals surface area contributed by atoms with Gasteiger partial charge < -0.3 is 10.1 Å². The second kappa shape index (κ2) is 7.77. The number of nitrogens with one attached hydrogen (secondary N) is 1. The van der Waals surface area contributed by atoms with Gasteiger partial charge >= 0.3 is 0 Å². The number of nitrogens with zero attached hydrogens (tertiary/aromatic N) is 2. The minimum absolute atomic E-state index is 0.312. The number of amides is 1. The van der Waals surface area contributed by atoms with Crippen LogP contribution in [0.15, 0.2) is 54.6 Å². The molecule has 0 spiro atoms. The molecule has 28 heavy (non-hydrogen) atoms. The summed E-state index contributed by atoms with van der Waals surface area (Å²) < 4.78 is 19.3. The van der Waals surface area contributed by atoms with Crippen molar-refractivity contribution < 1.29 is 13.7 Å². The van der Waals surface area contributed by atoms with Gasteiger partial charge in [-0.2, -0.15) is 5.10 Å². The predicted molar refractivity (Wildman–Crippen MR) is 109 cm³/mol. The third-order valence-electron chi connectivity index (χ3n) is 4.39. The van der Waals surface area contributed by atoms with Crippen molar-refractivity contribution in [3.05, 3.63) is 70.9 Å². The molecule has 1 amide bonds. The van der Waals surface area contributed by atoms with E-state index in [9.17, 15) is 9.00 Å². The van der Waals surface area contributed by atoms with Gasteiger partial charge in [0.15, 0.2) is 6.10 Å². The first-order valence-electron chi connectivity index (χ1n) is 8.75. The van der Waals surface area contributed by atoms with Crippen LogP contribution in [-0.4, -0.2) is 26.0 Å². The number of halogens is 1. The van der Waals surface area contributed by atoms with Crippen molar-refractivity contribution in [1.29, 1.82) is 0 Å². The van der Waals surface area contributed by atoms with Gasteiger partial charge in [-0.25, -0.2) is 4.68 Å². The zero-order valence-corrected chi connectivity index (χ0v) is 16.7. The quantitative estimate of drug-likeness (QED) is 0.689. The zero-order valence-electron chi connectivity index (χ0n) is 15.1. The largest absolute Gasteiger partial charge is 0.481 e. The van der Waals surface area contributed by atoms with Gasteiger partial charge in [0.2, 0.25) is 0 Å². The fraction of sp³-hybridized carbons (Fsp3) is 0.200.